The van der Waals surface area contributed by atoms with Gasteiger partial charge in [0.2, 0.25) is 0 Å². The molecule has 1 saturated carbocycles. The standard InChI is InChI=1S/C12H25N/c1-6-12(4,13-5)8-10-7-11(10)9(2)3/h9-11,13H,6-8H2,1-5H3/t10?,11-,12+/m1/s1. The van der Waals surface area contributed by atoms with Gasteiger partial charge in [0, 0.05) is 5.54 Å². The zero-order valence-corrected chi connectivity index (χ0v) is 9.85. The first-order chi connectivity index (χ1) is 6.02. The summed E-state index contributed by atoms with van der Waals surface area (Å²) in [5, 5.41) is 3.46. The van der Waals surface area contributed by atoms with Crippen molar-refractivity contribution in [3.8, 4) is 0 Å². The van der Waals surface area contributed by atoms with Crippen molar-refractivity contribution >= 4 is 0 Å². The Bertz CT molecular complexity index is 159. The average molecular weight is 183 g/mol. The Balaban J connectivity index is 2.34. The summed E-state index contributed by atoms with van der Waals surface area (Å²) in [5.74, 6) is 2.90. The molecule has 0 aromatic carbocycles. The highest BCUT2D eigenvalue weighted by molar-refractivity contribution is 4.95. The van der Waals surface area contributed by atoms with Crippen LogP contribution in [-0.4, -0.2) is 12.6 Å². The van der Waals surface area contributed by atoms with Crippen molar-refractivity contribution in [2.45, 2.75) is 52.5 Å². The summed E-state index contributed by atoms with van der Waals surface area (Å²) in [6.07, 6.45) is 4.07. The van der Waals surface area contributed by atoms with Gasteiger partial charge in [0.15, 0.2) is 0 Å². The summed E-state index contributed by atoms with van der Waals surface area (Å²) in [6.45, 7) is 9.34. The lowest BCUT2D eigenvalue weighted by Crippen LogP contribution is -2.39. The van der Waals surface area contributed by atoms with E-state index in [1.54, 1.807) is 0 Å². The van der Waals surface area contributed by atoms with Gasteiger partial charge in [0.05, 0.1) is 0 Å². The summed E-state index contributed by atoms with van der Waals surface area (Å²) in [4.78, 5) is 0. The normalized spacial score (nSPS) is 31.8. The Labute approximate surface area is 83.3 Å². The molecule has 0 saturated heterocycles. The highest BCUT2D eigenvalue weighted by atomic mass is 14.9. The van der Waals surface area contributed by atoms with Crippen LogP contribution in [0.1, 0.15) is 47.0 Å². The van der Waals surface area contributed by atoms with Crippen LogP contribution >= 0.6 is 0 Å². The predicted molar refractivity (Wildman–Crippen MR) is 58.8 cm³/mol. The van der Waals surface area contributed by atoms with E-state index in [2.05, 4.69) is 40.1 Å². The van der Waals surface area contributed by atoms with Gasteiger partial charge in [-0.05, 0) is 51.0 Å². The molecule has 0 aliphatic heterocycles. The largest absolute Gasteiger partial charge is 0.315 e. The molecule has 1 N–H and O–H groups in total. The van der Waals surface area contributed by atoms with Gasteiger partial charge in [-0.3, -0.25) is 0 Å². The van der Waals surface area contributed by atoms with Crippen molar-refractivity contribution in [1.82, 2.24) is 5.32 Å². The van der Waals surface area contributed by atoms with E-state index in [-0.39, 0.29) is 0 Å². The van der Waals surface area contributed by atoms with Gasteiger partial charge in [-0.2, -0.15) is 0 Å². The van der Waals surface area contributed by atoms with Crippen LogP contribution in [0.3, 0.4) is 0 Å². The van der Waals surface area contributed by atoms with Crippen LogP contribution in [0.2, 0.25) is 0 Å². The Hall–Kier alpha value is -0.0400. The highest BCUT2D eigenvalue weighted by Gasteiger charge is 2.42. The van der Waals surface area contributed by atoms with Gasteiger partial charge >= 0.3 is 0 Å². The van der Waals surface area contributed by atoms with Gasteiger partial charge < -0.3 is 5.32 Å². The van der Waals surface area contributed by atoms with Crippen LogP contribution in [0.5, 0.6) is 0 Å². The first-order valence-electron chi connectivity index (χ1n) is 5.71. The summed E-state index contributed by atoms with van der Waals surface area (Å²) >= 11 is 0. The van der Waals surface area contributed by atoms with Crippen molar-refractivity contribution in [1.29, 1.82) is 0 Å². The third kappa shape index (κ3) is 2.70. The molecule has 3 atom stereocenters. The molecular weight excluding hydrogens is 158 g/mol. The molecule has 78 valence electrons. The quantitative estimate of drug-likeness (QED) is 0.691. The van der Waals surface area contributed by atoms with Crippen LogP contribution in [0.15, 0.2) is 0 Å². The van der Waals surface area contributed by atoms with Crippen LogP contribution in [0.25, 0.3) is 0 Å². The van der Waals surface area contributed by atoms with E-state index < -0.39 is 0 Å². The molecule has 1 rings (SSSR count). The molecule has 1 nitrogen and oxygen atoms in total. The second kappa shape index (κ2) is 4.00. The Morgan fingerprint density at radius 3 is 2.38 bits per heavy atom. The van der Waals surface area contributed by atoms with Gasteiger partial charge in [-0.15, -0.1) is 0 Å². The maximum atomic E-state index is 3.46. The molecule has 0 amide bonds. The summed E-state index contributed by atoms with van der Waals surface area (Å²) in [7, 11) is 2.09. The molecule has 13 heavy (non-hydrogen) atoms. The fourth-order valence-corrected chi connectivity index (χ4v) is 2.32. The third-order valence-corrected chi connectivity index (χ3v) is 3.93. The Morgan fingerprint density at radius 1 is 1.46 bits per heavy atom. The topological polar surface area (TPSA) is 12.0 Å². The Kier molecular flexibility index (Phi) is 3.39. The van der Waals surface area contributed by atoms with E-state index in [4.69, 9.17) is 0 Å². The second-order valence-electron chi connectivity index (χ2n) is 5.27. The van der Waals surface area contributed by atoms with E-state index in [1.165, 1.54) is 19.3 Å². The van der Waals surface area contributed by atoms with Crippen molar-refractivity contribution in [3.05, 3.63) is 0 Å². The van der Waals surface area contributed by atoms with Gasteiger partial charge in [0.1, 0.15) is 0 Å². The monoisotopic (exact) mass is 183 g/mol. The fraction of sp³-hybridized carbons (Fsp3) is 1.00. The number of hydrogen-bond donors (Lipinski definition) is 1. The molecular formula is C12H25N. The highest BCUT2D eigenvalue weighted by Crippen LogP contribution is 2.48. The van der Waals surface area contributed by atoms with Crippen molar-refractivity contribution in [2.24, 2.45) is 17.8 Å². The fourth-order valence-electron chi connectivity index (χ4n) is 2.32. The minimum absolute atomic E-state index is 0.383. The average Bonchev–Trinajstić information content (AvgIpc) is 2.84. The van der Waals surface area contributed by atoms with Crippen molar-refractivity contribution in [2.75, 3.05) is 7.05 Å². The van der Waals surface area contributed by atoms with Gasteiger partial charge in [-0.1, -0.05) is 20.8 Å². The van der Waals surface area contributed by atoms with Crippen LogP contribution in [-0.2, 0) is 0 Å². The van der Waals surface area contributed by atoms with Crippen LogP contribution in [0.4, 0.5) is 0 Å². The maximum Gasteiger partial charge on any atom is 0.0150 e. The number of rotatable bonds is 5. The SMILES string of the molecule is CC[C@@](C)(CC1C[C@@H]1C(C)C)NC. The molecule has 1 aliphatic rings. The molecule has 1 heteroatoms. The predicted octanol–water partition coefficient (Wildman–Crippen LogP) is 3.06. The van der Waals surface area contributed by atoms with Crippen molar-refractivity contribution in [3.63, 3.8) is 0 Å². The van der Waals surface area contributed by atoms with Crippen LogP contribution < -0.4 is 5.32 Å². The van der Waals surface area contributed by atoms with E-state index in [0.717, 1.165) is 17.8 Å². The lowest BCUT2D eigenvalue weighted by Gasteiger charge is -2.28. The third-order valence-electron chi connectivity index (χ3n) is 3.93. The molecule has 0 aromatic rings. The number of hydrogen-bond acceptors (Lipinski definition) is 1. The molecule has 0 heterocycles. The van der Waals surface area contributed by atoms with E-state index in [1.807, 2.05) is 0 Å². The molecule has 0 aromatic heterocycles. The lowest BCUT2D eigenvalue weighted by atomic mass is 9.90. The zero-order chi connectivity index (χ0) is 10.1. The first kappa shape index (κ1) is 11.0. The van der Waals surface area contributed by atoms with E-state index in [0.29, 0.717) is 5.54 Å². The molecule has 0 spiro atoms. The smallest absolute Gasteiger partial charge is 0.0150 e. The summed E-state index contributed by atoms with van der Waals surface area (Å²) < 4.78 is 0. The summed E-state index contributed by atoms with van der Waals surface area (Å²) in [5.41, 5.74) is 0.383. The van der Waals surface area contributed by atoms with Gasteiger partial charge in [-0.25, -0.2) is 0 Å². The molecule has 1 fully saturated rings. The second-order valence-corrected chi connectivity index (χ2v) is 5.27. The van der Waals surface area contributed by atoms with Crippen molar-refractivity contribution < 1.29 is 0 Å². The van der Waals surface area contributed by atoms with E-state index >= 15 is 0 Å². The number of nitrogens with one attached hydrogen (secondary N) is 1. The summed E-state index contributed by atoms with van der Waals surface area (Å²) in [6, 6.07) is 0. The molecule has 0 bridgehead atoms. The molecule has 1 unspecified atom stereocenters. The molecule has 0 radical (unpaired) electrons. The minimum Gasteiger partial charge on any atom is -0.315 e. The molecule has 1 aliphatic carbocycles. The van der Waals surface area contributed by atoms with Gasteiger partial charge in [0.25, 0.3) is 0 Å². The maximum absolute atomic E-state index is 3.46. The zero-order valence-electron chi connectivity index (χ0n) is 9.85. The lowest BCUT2D eigenvalue weighted by molar-refractivity contribution is 0.312. The first-order valence-corrected chi connectivity index (χ1v) is 5.71. The Morgan fingerprint density at radius 2 is 2.08 bits per heavy atom. The van der Waals surface area contributed by atoms with E-state index in [9.17, 15) is 0 Å². The van der Waals surface area contributed by atoms with Crippen LogP contribution in [0, 0.1) is 17.8 Å². The minimum atomic E-state index is 0.383.